The zero-order chi connectivity index (χ0) is 25.7. The highest BCUT2D eigenvalue weighted by Crippen LogP contribution is 2.16. The van der Waals surface area contributed by atoms with Crippen LogP contribution in [0.15, 0.2) is 48.5 Å². The van der Waals surface area contributed by atoms with E-state index >= 15 is 0 Å². The van der Waals surface area contributed by atoms with E-state index in [4.69, 9.17) is 4.74 Å². The van der Waals surface area contributed by atoms with E-state index in [2.05, 4.69) is 19.1 Å². The number of unbranched alkanes of at least 4 members (excludes halogenated alkanes) is 15. The number of halogens is 1. The molecule has 0 spiro atoms. The van der Waals surface area contributed by atoms with Gasteiger partial charge in [-0.05, 0) is 36.8 Å². The van der Waals surface area contributed by atoms with Crippen molar-refractivity contribution in [2.75, 3.05) is 6.61 Å². The summed E-state index contributed by atoms with van der Waals surface area (Å²) in [5.41, 5.74) is 1.06. The van der Waals surface area contributed by atoms with Gasteiger partial charge in [0.05, 0.1) is 17.1 Å². The minimum atomic E-state index is -0.304. The third-order valence-electron chi connectivity index (χ3n) is 6.63. The standard InChI is InChI=1S/C31H47INO3/c1-2-3-4-5-6-7-8-9-10-11-12-13-14-15-16-19-26-36-30-24-22-29(23-25-30)32-27-28-20-17-18-21-31(28)33(34)35/h17-18,20-25H,2-16,19,26-27H2,1H3/q+1. The third kappa shape index (κ3) is 14.2. The van der Waals surface area contributed by atoms with E-state index in [1.165, 1.54) is 99.9 Å². The van der Waals surface area contributed by atoms with Gasteiger partial charge in [0.2, 0.25) is 0 Å². The molecule has 0 fully saturated rings. The molecule has 0 radical (unpaired) electrons. The van der Waals surface area contributed by atoms with E-state index in [1.54, 1.807) is 12.1 Å². The number of rotatable bonds is 22. The second-order valence-corrected chi connectivity index (χ2v) is 12.5. The molecule has 0 heterocycles. The smallest absolute Gasteiger partial charge is 0.318 e. The molecule has 0 aliphatic heterocycles. The third-order valence-corrected chi connectivity index (χ3v) is 9.44. The molecule has 36 heavy (non-hydrogen) atoms. The molecule has 0 atom stereocenters. The summed E-state index contributed by atoms with van der Waals surface area (Å²) in [6, 6.07) is 15.4. The summed E-state index contributed by atoms with van der Waals surface area (Å²) in [5.74, 6) is 0.925. The number of nitrogens with zero attached hydrogens (tertiary/aromatic N) is 1. The lowest BCUT2D eigenvalue weighted by atomic mass is 10.0. The van der Waals surface area contributed by atoms with Crippen LogP contribution >= 0.6 is 0 Å². The molecular formula is C31H47INO3+. The van der Waals surface area contributed by atoms with Gasteiger partial charge in [-0.2, -0.15) is 0 Å². The maximum Gasteiger partial charge on any atom is 0.318 e. The first-order valence-corrected chi connectivity index (χ1v) is 16.9. The first-order valence-electron chi connectivity index (χ1n) is 14.2. The van der Waals surface area contributed by atoms with Crippen molar-refractivity contribution < 1.29 is 30.9 Å². The van der Waals surface area contributed by atoms with E-state index in [-0.39, 0.29) is 31.8 Å². The molecule has 0 aromatic heterocycles. The van der Waals surface area contributed by atoms with Gasteiger partial charge in [-0.3, -0.25) is 10.1 Å². The number of alkyl halides is 1. The Hall–Kier alpha value is -1.63. The Morgan fingerprint density at radius 1 is 0.694 bits per heavy atom. The summed E-state index contributed by atoms with van der Waals surface area (Å²) in [7, 11) is 0. The van der Waals surface area contributed by atoms with E-state index in [9.17, 15) is 10.1 Å². The Morgan fingerprint density at radius 3 is 1.72 bits per heavy atom. The lowest BCUT2D eigenvalue weighted by molar-refractivity contribution is -0.643. The zero-order valence-corrected chi connectivity index (χ0v) is 24.6. The lowest BCUT2D eigenvalue weighted by Crippen LogP contribution is -3.61. The van der Waals surface area contributed by atoms with Crippen molar-refractivity contribution in [3.8, 4) is 5.75 Å². The van der Waals surface area contributed by atoms with E-state index < -0.39 is 0 Å². The summed E-state index contributed by atoms with van der Waals surface area (Å²) in [6.07, 6.45) is 22.1. The van der Waals surface area contributed by atoms with Crippen molar-refractivity contribution in [1.82, 2.24) is 0 Å². The van der Waals surface area contributed by atoms with Crippen molar-refractivity contribution in [3.63, 3.8) is 0 Å². The summed E-state index contributed by atoms with van der Waals surface area (Å²) in [6.45, 7) is 3.07. The molecule has 5 heteroatoms. The van der Waals surface area contributed by atoms with Gasteiger partial charge < -0.3 is 4.74 Å². The monoisotopic (exact) mass is 608 g/mol. The van der Waals surface area contributed by atoms with Crippen LogP contribution in [0, 0.1) is 13.7 Å². The molecule has 0 aliphatic rings. The SMILES string of the molecule is CCCCCCCCCCCCCCCCCCOc1ccc([I+]Cc2ccccc2[N+](=O)[O-])cc1. The van der Waals surface area contributed by atoms with Crippen LogP contribution in [0.5, 0.6) is 5.75 Å². The summed E-state index contributed by atoms with van der Waals surface area (Å²) in [4.78, 5) is 10.9. The minimum Gasteiger partial charge on any atom is -0.494 e. The Bertz CT molecular complexity index is 825. The summed E-state index contributed by atoms with van der Waals surface area (Å²) < 4.78 is 7.97. The van der Waals surface area contributed by atoms with E-state index in [1.807, 2.05) is 24.3 Å². The predicted molar refractivity (Wildman–Crippen MR) is 147 cm³/mol. The van der Waals surface area contributed by atoms with Crippen molar-refractivity contribution >= 4 is 5.69 Å². The second kappa shape index (κ2) is 20.4. The van der Waals surface area contributed by atoms with Gasteiger partial charge in [0.1, 0.15) is 5.75 Å². The second-order valence-electron chi connectivity index (χ2n) is 9.76. The van der Waals surface area contributed by atoms with Crippen LogP contribution in [-0.2, 0) is 4.43 Å². The lowest BCUT2D eigenvalue weighted by Gasteiger charge is -2.06. The largest absolute Gasteiger partial charge is 0.494 e. The first-order chi connectivity index (χ1) is 17.7. The molecule has 0 saturated carbocycles. The molecule has 2 aromatic carbocycles. The Morgan fingerprint density at radius 2 is 1.19 bits per heavy atom. The summed E-state index contributed by atoms with van der Waals surface area (Å²) >= 11 is -0.304. The van der Waals surface area contributed by atoms with E-state index in [0.717, 1.165) is 28.8 Å². The van der Waals surface area contributed by atoms with Gasteiger partial charge in [0.25, 0.3) is 5.69 Å². The topological polar surface area (TPSA) is 52.4 Å². The summed E-state index contributed by atoms with van der Waals surface area (Å²) in [5, 5.41) is 11.2. The highest BCUT2D eigenvalue weighted by molar-refractivity contribution is 5.39. The molecule has 0 saturated heterocycles. The van der Waals surface area contributed by atoms with Gasteiger partial charge in [0, 0.05) is 6.07 Å². The van der Waals surface area contributed by atoms with E-state index in [0.29, 0.717) is 0 Å². The molecule has 0 amide bonds. The quantitative estimate of drug-likeness (QED) is 0.0492. The molecular weight excluding hydrogens is 561 g/mol. The highest BCUT2D eigenvalue weighted by atomic mass is 127. The fourth-order valence-electron chi connectivity index (χ4n) is 4.41. The maximum atomic E-state index is 11.2. The van der Waals surface area contributed by atoms with Crippen LogP contribution in [0.3, 0.4) is 0 Å². The highest BCUT2D eigenvalue weighted by Gasteiger charge is 2.20. The molecule has 200 valence electrons. The minimum absolute atomic E-state index is 0.232. The Labute approximate surface area is 230 Å². The molecule has 0 N–H and O–H groups in total. The number of benzene rings is 2. The van der Waals surface area contributed by atoms with Crippen molar-refractivity contribution in [3.05, 3.63) is 67.8 Å². The first kappa shape index (κ1) is 30.6. The van der Waals surface area contributed by atoms with Crippen LogP contribution in [-0.4, -0.2) is 11.5 Å². The number of hydrogen-bond acceptors (Lipinski definition) is 3. The number of nitro benzene ring substituents is 1. The molecule has 0 aliphatic carbocycles. The molecule has 0 bridgehead atoms. The van der Waals surface area contributed by atoms with Crippen molar-refractivity contribution in [2.24, 2.45) is 0 Å². The maximum absolute atomic E-state index is 11.2. The van der Waals surface area contributed by atoms with Crippen LogP contribution in [0.25, 0.3) is 0 Å². The van der Waals surface area contributed by atoms with Crippen LogP contribution in [0.1, 0.15) is 115 Å². The Balaban J connectivity index is 1.42. The van der Waals surface area contributed by atoms with Crippen LogP contribution in [0.4, 0.5) is 5.69 Å². The average Bonchev–Trinajstić information content (AvgIpc) is 2.90. The molecule has 0 unspecified atom stereocenters. The normalized spacial score (nSPS) is 11.0. The fourth-order valence-corrected chi connectivity index (χ4v) is 6.78. The van der Waals surface area contributed by atoms with Crippen LogP contribution < -0.4 is 25.9 Å². The van der Waals surface area contributed by atoms with Gasteiger partial charge in [-0.1, -0.05) is 115 Å². The number of para-hydroxylation sites is 1. The van der Waals surface area contributed by atoms with Crippen LogP contribution in [0.2, 0.25) is 0 Å². The van der Waals surface area contributed by atoms with Crippen molar-refractivity contribution in [2.45, 2.75) is 114 Å². The van der Waals surface area contributed by atoms with Crippen molar-refractivity contribution in [1.29, 1.82) is 0 Å². The van der Waals surface area contributed by atoms with Gasteiger partial charge >= 0.3 is 21.2 Å². The Kier molecular flexibility index (Phi) is 17.4. The average molecular weight is 609 g/mol. The van der Waals surface area contributed by atoms with Gasteiger partial charge in [-0.15, -0.1) is 0 Å². The molecule has 4 nitrogen and oxygen atoms in total. The zero-order valence-electron chi connectivity index (χ0n) is 22.4. The van der Waals surface area contributed by atoms with Gasteiger partial charge in [0.15, 0.2) is 8.00 Å². The fraction of sp³-hybridized carbons (Fsp3) is 0.613. The molecule has 2 rings (SSSR count). The number of nitro groups is 1. The number of hydrogen-bond donors (Lipinski definition) is 0. The number of ether oxygens (including phenoxy) is 1. The predicted octanol–water partition coefficient (Wildman–Crippen LogP) is 6.69. The van der Waals surface area contributed by atoms with Gasteiger partial charge in [-0.25, -0.2) is 0 Å². The molecule has 2 aromatic rings.